The fraction of sp³-hybridized carbons (Fsp3) is 0.600. The molecule has 0 atom stereocenters. The summed E-state index contributed by atoms with van der Waals surface area (Å²) in [4.78, 5) is 7.79. The van der Waals surface area contributed by atoms with E-state index < -0.39 is 5.82 Å². The van der Waals surface area contributed by atoms with Gasteiger partial charge in [0.15, 0.2) is 11.6 Å². The quantitative estimate of drug-likeness (QED) is 0.831. The summed E-state index contributed by atoms with van der Waals surface area (Å²) in [6.07, 6.45) is 3.18. The molecule has 2 N–H and O–H groups in total. The Labute approximate surface area is 99.4 Å². The van der Waals surface area contributed by atoms with E-state index in [0.29, 0.717) is 12.5 Å². The van der Waals surface area contributed by atoms with Gasteiger partial charge in [0.1, 0.15) is 0 Å². The van der Waals surface area contributed by atoms with Crippen molar-refractivity contribution in [3.05, 3.63) is 12.0 Å². The summed E-state index contributed by atoms with van der Waals surface area (Å²) in [7, 11) is 1.70. The fourth-order valence-electron chi connectivity index (χ4n) is 0.980. The van der Waals surface area contributed by atoms with Gasteiger partial charge in [0.2, 0.25) is 5.95 Å². The molecule has 0 unspecified atom stereocenters. The number of aromatic nitrogens is 2. The van der Waals surface area contributed by atoms with Crippen molar-refractivity contribution >= 4 is 23.5 Å². The highest BCUT2D eigenvalue weighted by Gasteiger charge is 2.17. The van der Waals surface area contributed by atoms with E-state index in [0.717, 1.165) is 6.20 Å². The summed E-state index contributed by atoms with van der Waals surface area (Å²) in [6.45, 7) is 4.82. The molecule has 0 fully saturated rings. The Morgan fingerprint density at radius 3 is 2.75 bits per heavy atom. The van der Waals surface area contributed by atoms with Gasteiger partial charge >= 0.3 is 0 Å². The minimum absolute atomic E-state index is 0.0389. The van der Waals surface area contributed by atoms with Crippen LogP contribution in [-0.4, -0.2) is 34.6 Å². The smallest absolute Gasteiger partial charge is 0.224 e. The summed E-state index contributed by atoms with van der Waals surface area (Å²) in [5.74, 6) is 0.211. The third-order valence-electron chi connectivity index (χ3n) is 2.20. The van der Waals surface area contributed by atoms with E-state index >= 15 is 0 Å². The number of rotatable bonds is 5. The Balaban J connectivity index is 2.73. The van der Waals surface area contributed by atoms with Crippen LogP contribution in [0.4, 0.5) is 16.2 Å². The topological polar surface area (TPSA) is 49.8 Å². The number of nitrogens with zero attached hydrogens (tertiary/aromatic N) is 2. The fourth-order valence-corrected chi connectivity index (χ4v) is 1.20. The zero-order valence-electron chi connectivity index (χ0n) is 9.97. The Morgan fingerprint density at radius 1 is 1.50 bits per heavy atom. The van der Waals surface area contributed by atoms with E-state index in [4.69, 9.17) is 0 Å². The molecule has 6 heteroatoms. The van der Waals surface area contributed by atoms with Crippen molar-refractivity contribution in [2.75, 3.05) is 30.5 Å². The van der Waals surface area contributed by atoms with Gasteiger partial charge in [-0.2, -0.15) is 16.7 Å². The number of hydrogen-bond donors (Lipinski definition) is 2. The monoisotopic (exact) mass is 244 g/mol. The Morgan fingerprint density at radius 2 is 2.19 bits per heavy atom. The van der Waals surface area contributed by atoms with Crippen molar-refractivity contribution in [1.82, 2.24) is 9.97 Å². The number of hydrogen-bond acceptors (Lipinski definition) is 5. The van der Waals surface area contributed by atoms with Crippen LogP contribution in [0.25, 0.3) is 0 Å². The van der Waals surface area contributed by atoms with E-state index in [9.17, 15) is 4.39 Å². The second-order valence-corrected chi connectivity index (χ2v) is 5.47. The molecule has 4 nitrogen and oxygen atoms in total. The summed E-state index contributed by atoms with van der Waals surface area (Å²) in [5.41, 5.74) is 0. The first kappa shape index (κ1) is 13.0. The lowest BCUT2D eigenvalue weighted by Crippen LogP contribution is -2.26. The molecule has 0 saturated carbocycles. The molecule has 0 aliphatic carbocycles. The van der Waals surface area contributed by atoms with E-state index in [2.05, 4.69) is 34.4 Å². The standard InChI is InChI=1S/C10H17FN4S/c1-10(2,16-4)6-14-8-7(11)5-13-9(12-3)15-8/h5H,6H2,1-4H3,(H2,12,13,14,15). The van der Waals surface area contributed by atoms with Crippen LogP contribution in [0.2, 0.25) is 0 Å². The average Bonchev–Trinajstić information content (AvgIpc) is 2.28. The summed E-state index contributed by atoms with van der Waals surface area (Å²) < 4.78 is 13.4. The molecule has 0 aliphatic heterocycles. The van der Waals surface area contributed by atoms with Gasteiger partial charge in [0, 0.05) is 18.3 Å². The van der Waals surface area contributed by atoms with Crippen molar-refractivity contribution in [3.8, 4) is 0 Å². The van der Waals surface area contributed by atoms with E-state index in [-0.39, 0.29) is 10.6 Å². The second-order valence-electron chi connectivity index (χ2n) is 3.96. The van der Waals surface area contributed by atoms with Gasteiger partial charge in [0.25, 0.3) is 0 Å². The first-order valence-electron chi connectivity index (χ1n) is 4.98. The molecule has 0 aliphatic rings. The average molecular weight is 244 g/mol. The Bertz CT molecular complexity index is 357. The molecule has 0 amide bonds. The number of anilines is 2. The van der Waals surface area contributed by atoms with Crippen molar-refractivity contribution in [1.29, 1.82) is 0 Å². The van der Waals surface area contributed by atoms with E-state index in [1.54, 1.807) is 18.8 Å². The van der Waals surface area contributed by atoms with Crippen molar-refractivity contribution in [2.45, 2.75) is 18.6 Å². The third-order valence-corrected chi connectivity index (χ3v) is 3.45. The SMILES string of the molecule is CNc1ncc(F)c(NCC(C)(C)SC)n1. The molecule has 0 saturated heterocycles. The van der Waals surface area contributed by atoms with Crippen LogP contribution in [-0.2, 0) is 0 Å². The predicted molar refractivity (Wildman–Crippen MR) is 67.6 cm³/mol. The van der Waals surface area contributed by atoms with Crippen LogP contribution in [0.5, 0.6) is 0 Å². The largest absolute Gasteiger partial charge is 0.366 e. The second kappa shape index (κ2) is 5.34. The highest BCUT2D eigenvalue weighted by molar-refractivity contribution is 7.99. The minimum atomic E-state index is -0.434. The first-order valence-corrected chi connectivity index (χ1v) is 6.20. The highest BCUT2D eigenvalue weighted by atomic mass is 32.2. The maximum atomic E-state index is 13.4. The lowest BCUT2D eigenvalue weighted by Gasteiger charge is -2.22. The zero-order valence-corrected chi connectivity index (χ0v) is 10.8. The van der Waals surface area contributed by atoms with Gasteiger partial charge in [-0.05, 0) is 20.1 Å². The Kier molecular flexibility index (Phi) is 4.35. The van der Waals surface area contributed by atoms with Crippen molar-refractivity contribution in [3.63, 3.8) is 0 Å². The predicted octanol–water partition coefficient (Wildman–Crippen LogP) is 2.21. The van der Waals surface area contributed by atoms with Crippen LogP contribution >= 0.6 is 11.8 Å². The highest BCUT2D eigenvalue weighted by Crippen LogP contribution is 2.22. The van der Waals surface area contributed by atoms with Gasteiger partial charge in [-0.3, -0.25) is 0 Å². The summed E-state index contributed by atoms with van der Waals surface area (Å²) >= 11 is 1.72. The molecule has 1 heterocycles. The van der Waals surface area contributed by atoms with Gasteiger partial charge in [-0.1, -0.05) is 0 Å². The summed E-state index contributed by atoms with van der Waals surface area (Å²) in [6, 6.07) is 0. The van der Waals surface area contributed by atoms with Gasteiger partial charge < -0.3 is 10.6 Å². The minimum Gasteiger partial charge on any atom is -0.366 e. The molecule has 1 aromatic rings. The third kappa shape index (κ3) is 3.52. The molecule has 16 heavy (non-hydrogen) atoms. The lowest BCUT2D eigenvalue weighted by molar-refractivity contribution is 0.614. The number of thioether (sulfide) groups is 1. The van der Waals surface area contributed by atoms with Gasteiger partial charge in [0.05, 0.1) is 6.20 Å². The molecule has 0 spiro atoms. The zero-order chi connectivity index (χ0) is 12.2. The van der Waals surface area contributed by atoms with Gasteiger partial charge in [-0.25, -0.2) is 9.37 Å². The summed E-state index contributed by atoms with van der Waals surface area (Å²) in [5, 5.41) is 5.76. The maximum absolute atomic E-state index is 13.4. The molecule has 0 aromatic carbocycles. The van der Waals surface area contributed by atoms with Crippen LogP contribution in [0.3, 0.4) is 0 Å². The molecule has 0 radical (unpaired) electrons. The normalized spacial score (nSPS) is 11.3. The van der Waals surface area contributed by atoms with Crippen LogP contribution in [0.1, 0.15) is 13.8 Å². The van der Waals surface area contributed by atoms with Gasteiger partial charge in [-0.15, -0.1) is 0 Å². The molecular formula is C10H17FN4S. The van der Waals surface area contributed by atoms with Crippen molar-refractivity contribution < 1.29 is 4.39 Å². The first-order chi connectivity index (χ1) is 7.48. The molecule has 1 rings (SSSR count). The Hall–Kier alpha value is -1.04. The van der Waals surface area contributed by atoms with Crippen molar-refractivity contribution in [2.24, 2.45) is 0 Å². The van der Waals surface area contributed by atoms with Crippen LogP contribution in [0.15, 0.2) is 6.20 Å². The van der Waals surface area contributed by atoms with Crippen LogP contribution in [0, 0.1) is 5.82 Å². The lowest BCUT2D eigenvalue weighted by atomic mass is 10.2. The molecule has 90 valence electrons. The molecular weight excluding hydrogens is 227 g/mol. The number of halogens is 1. The maximum Gasteiger partial charge on any atom is 0.224 e. The van der Waals surface area contributed by atoms with Crippen LogP contribution < -0.4 is 10.6 Å². The molecule has 1 aromatic heterocycles. The number of nitrogens with one attached hydrogen (secondary N) is 2. The molecule has 0 bridgehead atoms. The van der Waals surface area contributed by atoms with E-state index in [1.807, 2.05) is 6.26 Å². The van der Waals surface area contributed by atoms with E-state index in [1.165, 1.54) is 0 Å².